The Kier molecular flexibility index (Phi) is 12.2. The first-order chi connectivity index (χ1) is 15.5. The first-order valence-corrected chi connectivity index (χ1v) is 11.9. The Morgan fingerprint density at radius 3 is 2.48 bits per heavy atom. The summed E-state index contributed by atoms with van der Waals surface area (Å²) in [5, 5.41) is 27.7. The predicted octanol–water partition coefficient (Wildman–Crippen LogP) is 3.30. The Balaban J connectivity index is 0.00000385. The number of rotatable bonds is 9. The van der Waals surface area contributed by atoms with Gasteiger partial charge in [-0.3, -0.25) is 15.1 Å². The number of aliphatic hydroxyl groups is 1. The highest BCUT2D eigenvalue weighted by molar-refractivity contribution is 14.0. The van der Waals surface area contributed by atoms with E-state index in [2.05, 4.69) is 20.5 Å². The van der Waals surface area contributed by atoms with E-state index in [9.17, 15) is 15.2 Å². The number of aliphatic imine (C=N–C) groups is 1. The molecule has 1 aliphatic carbocycles. The lowest BCUT2D eigenvalue weighted by Gasteiger charge is -2.39. The zero-order chi connectivity index (χ0) is 22.8. The molecule has 3 N–H and O–H groups in total. The van der Waals surface area contributed by atoms with Crippen LogP contribution in [-0.2, 0) is 0 Å². The van der Waals surface area contributed by atoms with Gasteiger partial charge in [0, 0.05) is 43.9 Å². The van der Waals surface area contributed by atoms with E-state index in [-0.39, 0.29) is 42.8 Å². The second kappa shape index (κ2) is 14.6. The highest BCUT2D eigenvalue weighted by atomic mass is 127. The van der Waals surface area contributed by atoms with Crippen LogP contribution in [0.5, 0.6) is 5.75 Å². The molecule has 1 heterocycles. The summed E-state index contributed by atoms with van der Waals surface area (Å²) in [6.07, 6.45) is 8.27. The van der Waals surface area contributed by atoms with E-state index in [4.69, 9.17) is 4.74 Å². The first kappa shape index (κ1) is 27.6. The van der Waals surface area contributed by atoms with Crippen LogP contribution in [0, 0.1) is 10.1 Å². The molecule has 1 aromatic carbocycles. The summed E-state index contributed by atoms with van der Waals surface area (Å²) in [5.41, 5.74) is 0.00780. The minimum absolute atomic E-state index is 0. The molecule has 1 aliphatic heterocycles. The number of halogens is 1. The van der Waals surface area contributed by atoms with Gasteiger partial charge in [-0.05, 0) is 44.7 Å². The van der Waals surface area contributed by atoms with Crippen LogP contribution in [0.4, 0.5) is 5.69 Å². The van der Waals surface area contributed by atoms with Gasteiger partial charge in [0.2, 0.25) is 0 Å². The fourth-order valence-corrected chi connectivity index (χ4v) is 4.47. The molecule has 1 aromatic rings. The summed E-state index contributed by atoms with van der Waals surface area (Å²) >= 11 is 0. The number of nitro benzene ring substituents is 1. The third kappa shape index (κ3) is 9.24. The molecule has 1 atom stereocenters. The number of benzene rings is 1. The molecule has 0 bridgehead atoms. The highest BCUT2D eigenvalue weighted by Crippen LogP contribution is 2.25. The van der Waals surface area contributed by atoms with Crippen molar-refractivity contribution in [3.05, 3.63) is 34.4 Å². The fraction of sp³-hybridized carbons (Fsp3) is 0.696. The zero-order valence-corrected chi connectivity index (χ0v) is 21.8. The molecule has 0 aromatic heterocycles. The van der Waals surface area contributed by atoms with E-state index in [0.717, 1.165) is 44.5 Å². The van der Waals surface area contributed by atoms with Gasteiger partial charge in [-0.2, -0.15) is 0 Å². The Morgan fingerprint density at radius 1 is 1.21 bits per heavy atom. The van der Waals surface area contributed by atoms with Crippen LogP contribution in [0.2, 0.25) is 0 Å². The van der Waals surface area contributed by atoms with Gasteiger partial charge in [0.05, 0.1) is 11.5 Å². The maximum atomic E-state index is 10.7. The number of nitrogens with zero attached hydrogens (tertiary/aromatic N) is 3. The third-order valence-electron chi connectivity index (χ3n) is 6.26. The molecule has 33 heavy (non-hydrogen) atoms. The number of aliphatic hydroxyl groups excluding tert-OH is 1. The summed E-state index contributed by atoms with van der Waals surface area (Å²) < 4.78 is 5.53. The summed E-state index contributed by atoms with van der Waals surface area (Å²) in [5.74, 6) is 1.20. The van der Waals surface area contributed by atoms with Crippen LogP contribution in [0.15, 0.2) is 29.3 Å². The number of guanidine groups is 1. The molecule has 1 saturated carbocycles. The lowest BCUT2D eigenvalue weighted by Crippen LogP contribution is -2.51. The fourth-order valence-electron chi connectivity index (χ4n) is 4.47. The van der Waals surface area contributed by atoms with Crippen molar-refractivity contribution in [1.29, 1.82) is 0 Å². The van der Waals surface area contributed by atoms with Crippen molar-refractivity contribution in [1.82, 2.24) is 15.5 Å². The maximum Gasteiger partial charge on any atom is 0.269 e. The number of likely N-dealkylation sites (tertiary alicyclic amines) is 1. The molecule has 0 radical (unpaired) electrons. The first-order valence-electron chi connectivity index (χ1n) is 11.9. The van der Waals surface area contributed by atoms with Crippen molar-refractivity contribution < 1.29 is 14.8 Å². The highest BCUT2D eigenvalue weighted by Gasteiger charge is 2.26. The number of nitro groups is 1. The molecule has 2 aliphatic rings. The summed E-state index contributed by atoms with van der Waals surface area (Å²) in [4.78, 5) is 17.4. The number of ether oxygens (including phenoxy) is 1. The third-order valence-corrected chi connectivity index (χ3v) is 6.26. The van der Waals surface area contributed by atoms with Crippen molar-refractivity contribution in [2.75, 3.05) is 32.8 Å². The number of piperidine rings is 1. The molecular formula is C23H38IN5O4. The standard InChI is InChI=1S/C23H37N5O4.HI/c1-2-24-23(26-18-12-14-27(15-13-18)19-6-4-3-5-7-19)25-16-21(29)17-32-22-10-8-20(9-11-22)28(30)31;/h8-11,18-19,21,29H,2-7,12-17H2,1H3,(H2,24,25,26);1H. The normalized spacial score (nSPS) is 19.4. The van der Waals surface area contributed by atoms with E-state index in [1.807, 2.05) is 6.92 Å². The second-order valence-electron chi connectivity index (χ2n) is 8.68. The SMILES string of the molecule is CCNC(=NCC(O)COc1ccc([N+](=O)[O-])cc1)NC1CCN(C2CCCCC2)CC1.I. The molecule has 1 unspecified atom stereocenters. The van der Waals surface area contributed by atoms with E-state index in [0.29, 0.717) is 11.8 Å². The predicted molar refractivity (Wildman–Crippen MR) is 141 cm³/mol. The minimum Gasteiger partial charge on any atom is -0.491 e. The molecular weight excluding hydrogens is 537 g/mol. The Morgan fingerprint density at radius 2 is 1.88 bits per heavy atom. The lowest BCUT2D eigenvalue weighted by molar-refractivity contribution is -0.384. The summed E-state index contributed by atoms with van der Waals surface area (Å²) in [6, 6.07) is 6.98. The Bertz CT molecular complexity index is 735. The topological polar surface area (TPSA) is 112 Å². The van der Waals surface area contributed by atoms with Crippen molar-refractivity contribution >= 4 is 35.6 Å². The molecule has 2 fully saturated rings. The average Bonchev–Trinajstić information content (AvgIpc) is 2.82. The van der Waals surface area contributed by atoms with Gasteiger partial charge in [0.15, 0.2) is 5.96 Å². The van der Waals surface area contributed by atoms with Crippen LogP contribution in [0.25, 0.3) is 0 Å². The van der Waals surface area contributed by atoms with E-state index in [1.165, 1.54) is 56.4 Å². The summed E-state index contributed by atoms with van der Waals surface area (Å²) in [6.45, 7) is 5.32. The zero-order valence-electron chi connectivity index (χ0n) is 19.4. The van der Waals surface area contributed by atoms with Crippen LogP contribution in [0.3, 0.4) is 0 Å². The van der Waals surface area contributed by atoms with Gasteiger partial charge in [0.25, 0.3) is 5.69 Å². The van der Waals surface area contributed by atoms with Crippen LogP contribution >= 0.6 is 24.0 Å². The van der Waals surface area contributed by atoms with Crippen molar-refractivity contribution in [2.45, 2.75) is 70.1 Å². The van der Waals surface area contributed by atoms with E-state index >= 15 is 0 Å². The maximum absolute atomic E-state index is 10.7. The largest absolute Gasteiger partial charge is 0.491 e. The molecule has 0 amide bonds. The van der Waals surface area contributed by atoms with Crippen LogP contribution < -0.4 is 15.4 Å². The minimum atomic E-state index is -0.770. The molecule has 0 spiro atoms. The van der Waals surface area contributed by atoms with Crippen molar-refractivity contribution in [2.24, 2.45) is 4.99 Å². The lowest BCUT2D eigenvalue weighted by atomic mass is 9.92. The van der Waals surface area contributed by atoms with Crippen molar-refractivity contribution in [3.8, 4) is 5.75 Å². The number of hydrogen-bond donors (Lipinski definition) is 3. The van der Waals surface area contributed by atoms with Crippen LogP contribution in [-0.4, -0.2) is 71.9 Å². The van der Waals surface area contributed by atoms with E-state index in [1.54, 1.807) is 0 Å². The van der Waals surface area contributed by atoms with Gasteiger partial charge >= 0.3 is 0 Å². The monoisotopic (exact) mass is 575 g/mol. The van der Waals surface area contributed by atoms with Crippen molar-refractivity contribution in [3.63, 3.8) is 0 Å². The number of non-ortho nitro benzene ring substituents is 1. The van der Waals surface area contributed by atoms with Gasteiger partial charge < -0.3 is 25.4 Å². The Hall–Kier alpha value is -1.66. The molecule has 9 nitrogen and oxygen atoms in total. The molecule has 10 heteroatoms. The number of nitrogens with one attached hydrogen (secondary N) is 2. The number of hydrogen-bond acceptors (Lipinski definition) is 6. The van der Waals surface area contributed by atoms with E-state index < -0.39 is 11.0 Å². The van der Waals surface area contributed by atoms with Gasteiger partial charge in [-0.25, -0.2) is 0 Å². The Labute approximate surface area is 213 Å². The smallest absolute Gasteiger partial charge is 0.269 e. The molecule has 3 rings (SSSR count). The van der Waals surface area contributed by atoms with Crippen LogP contribution in [0.1, 0.15) is 51.9 Å². The van der Waals surface area contributed by atoms with Gasteiger partial charge in [-0.1, -0.05) is 19.3 Å². The quantitative estimate of drug-likeness (QED) is 0.136. The average molecular weight is 575 g/mol. The van der Waals surface area contributed by atoms with Gasteiger partial charge in [0.1, 0.15) is 18.5 Å². The molecule has 186 valence electrons. The molecule has 1 saturated heterocycles. The summed E-state index contributed by atoms with van der Waals surface area (Å²) in [7, 11) is 0. The van der Waals surface area contributed by atoms with Gasteiger partial charge in [-0.15, -0.1) is 24.0 Å². The second-order valence-corrected chi connectivity index (χ2v) is 8.68.